The van der Waals surface area contributed by atoms with Crippen LogP contribution in [0.4, 0.5) is 0 Å². The molecule has 0 spiro atoms. The summed E-state index contributed by atoms with van der Waals surface area (Å²) in [6.45, 7) is 2.23. The van der Waals surface area contributed by atoms with Crippen LogP contribution in [0.15, 0.2) is 24.5 Å². The molecule has 0 fully saturated rings. The standard InChI is InChI=1S/C13H16N4O2/c1-9-7-10(3-4-11(9)18)13(19)14-6-5-12-15-8-17(2)16-12/h3-4,7-8,18H,5-6H2,1-2H3,(H,14,19). The minimum Gasteiger partial charge on any atom is -0.508 e. The molecule has 0 aliphatic rings. The average molecular weight is 260 g/mol. The Hall–Kier alpha value is -2.37. The third-order valence-corrected chi connectivity index (χ3v) is 2.74. The third-order valence-electron chi connectivity index (χ3n) is 2.74. The molecule has 0 bridgehead atoms. The second-order valence-corrected chi connectivity index (χ2v) is 4.34. The van der Waals surface area contributed by atoms with E-state index < -0.39 is 0 Å². The van der Waals surface area contributed by atoms with Crippen molar-refractivity contribution in [3.63, 3.8) is 0 Å². The monoisotopic (exact) mass is 260 g/mol. The molecular weight excluding hydrogens is 244 g/mol. The van der Waals surface area contributed by atoms with Crippen LogP contribution in [0.3, 0.4) is 0 Å². The molecular formula is C13H16N4O2. The normalized spacial score (nSPS) is 10.4. The Morgan fingerprint density at radius 3 is 2.89 bits per heavy atom. The molecule has 1 heterocycles. The van der Waals surface area contributed by atoms with Crippen LogP contribution in [0, 0.1) is 6.92 Å². The molecule has 2 rings (SSSR count). The number of rotatable bonds is 4. The topological polar surface area (TPSA) is 80.0 Å². The largest absolute Gasteiger partial charge is 0.508 e. The first-order chi connectivity index (χ1) is 9.06. The summed E-state index contributed by atoms with van der Waals surface area (Å²) in [6.07, 6.45) is 2.21. The van der Waals surface area contributed by atoms with Gasteiger partial charge < -0.3 is 10.4 Å². The van der Waals surface area contributed by atoms with Gasteiger partial charge in [0, 0.05) is 25.6 Å². The molecule has 0 aliphatic carbocycles. The smallest absolute Gasteiger partial charge is 0.251 e. The first-order valence-corrected chi connectivity index (χ1v) is 5.98. The van der Waals surface area contributed by atoms with Crippen molar-refractivity contribution in [2.45, 2.75) is 13.3 Å². The highest BCUT2D eigenvalue weighted by atomic mass is 16.3. The van der Waals surface area contributed by atoms with Gasteiger partial charge in [0.05, 0.1) is 0 Å². The lowest BCUT2D eigenvalue weighted by molar-refractivity contribution is 0.0954. The molecule has 6 heteroatoms. The second-order valence-electron chi connectivity index (χ2n) is 4.34. The molecule has 1 aromatic heterocycles. The fraction of sp³-hybridized carbons (Fsp3) is 0.308. The number of aryl methyl sites for hydroxylation is 2. The lowest BCUT2D eigenvalue weighted by atomic mass is 10.1. The first-order valence-electron chi connectivity index (χ1n) is 5.98. The van der Waals surface area contributed by atoms with Crippen molar-refractivity contribution in [1.82, 2.24) is 20.1 Å². The SMILES string of the molecule is Cc1cc(C(=O)NCCc2ncn(C)n2)ccc1O. The Morgan fingerprint density at radius 2 is 2.26 bits per heavy atom. The highest BCUT2D eigenvalue weighted by Crippen LogP contribution is 2.16. The van der Waals surface area contributed by atoms with Crippen LogP contribution in [0.2, 0.25) is 0 Å². The Labute approximate surface area is 111 Å². The van der Waals surface area contributed by atoms with Crippen molar-refractivity contribution in [3.8, 4) is 5.75 Å². The van der Waals surface area contributed by atoms with E-state index in [0.717, 1.165) is 0 Å². The molecule has 1 aromatic carbocycles. The van der Waals surface area contributed by atoms with E-state index >= 15 is 0 Å². The molecule has 0 saturated carbocycles. The minimum absolute atomic E-state index is 0.168. The van der Waals surface area contributed by atoms with Gasteiger partial charge in [-0.3, -0.25) is 9.48 Å². The number of hydrogen-bond donors (Lipinski definition) is 2. The van der Waals surface area contributed by atoms with Crippen LogP contribution in [-0.4, -0.2) is 32.3 Å². The van der Waals surface area contributed by atoms with Gasteiger partial charge in [-0.1, -0.05) is 0 Å². The van der Waals surface area contributed by atoms with Gasteiger partial charge in [0.2, 0.25) is 0 Å². The number of phenolic OH excluding ortho intramolecular Hbond substituents is 1. The summed E-state index contributed by atoms with van der Waals surface area (Å²) in [5, 5.41) is 16.3. The Bertz CT molecular complexity index is 592. The maximum Gasteiger partial charge on any atom is 0.251 e. The van der Waals surface area contributed by atoms with Gasteiger partial charge in [-0.2, -0.15) is 5.10 Å². The van der Waals surface area contributed by atoms with E-state index in [2.05, 4.69) is 15.4 Å². The number of aromatic hydroxyl groups is 1. The number of hydrogen-bond acceptors (Lipinski definition) is 4. The van der Waals surface area contributed by atoms with Gasteiger partial charge in [-0.15, -0.1) is 0 Å². The fourth-order valence-electron chi connectivity index (χ4n) is 1.69. The van der Waals surface area contributed by atoms with Gasteiger partial charge in [0.1, 0.15) is 12.1 Å². The summed E-state index contributed by atoms with van der Waals surface area (Å²) >= 11 is 0. The van der Waals surface area contributed by atoms with E-state index in [0.29, 0.717) is 29.9 Å². The molecule has 19 heavy (non-hydrogen) atoms. The van der Waals surface area contributed by atoms with Crippen LogP contribution in [0.5, 0.6) is 5.75 Å². The summed E-state index contributed by atoms with van der Waals surface area (Å²) in [6, 6.07) is 4.77. The summed E-state index contributed by atoms with van der Waals surface area (Å²) in [5.74, 6) is 0.720. The Morgan fingerprint density at radius 1 is 1.47 bits per heavy atom. The zero-order valence-electron chi connectivity index (χ0n) is 10.9. The van der Waals surface area contributed by atoms with Crippen LogP contribution in [-0.2, 0) is 13.5 Å². The van der Waals surface area contributed by atoms with Crippen molar-refractivity contribution in [2.75, 3.05) is 6.54 Å². The predicted octanol–water partition coefficient (Wildman–Crippen LogP) is 0.802. The van der Waals surface area contributed by atoms with E-state index in [-0.39, 0.29) is 11.7 Å². The summed E-state index contributed by atoms with van der Waals surface area (Å²) in [4.78, 5) is 15.9. The number of carbonyl (C=O) groups excluding carboxylic acids is 1. The van der Waals surface area contributed by atoms with Crippen LogP contribution in [0.1, 0.15) is 21.7 Å². The molecule has 0 unspecified atom stereocenters. The Balaban J connectivity index is 1.89. The van der Waals surface area contributed by atoms with Gasteiger partial charge in [0.15, 0.2) is 5.82 Å². The molecule has 0 saturated heterocycles. The van der Waals surface area contributed by atoms with Gasteiger partial charge in [-0.25, -0.2) is 4.98 Å². The van der Waals surface area contributed by atoms with Crippen molar-refractivity contribution < 1.29 is 9.90 Å². The molecule has 1 amide bonds. The summed E-state index contributed by atoms with van der Waals surface area (Å²) in [5.41, 5.74) is 1.21. The zero-order valence-corrected chi connectivity index (χ0v) is 10.9. The minimum atomic E-state index is -0.168. The molecule has 0 atom stereocenters. The number of phenols is 1. The molecule has 0 aliphatic heterocycles. The molecule has 2 aromatic rings. The van der Waals surface area contributed by atoms with Crippen LogP contribution < -0.4 is 5.32 Å². The number of carbonyl (C=O) groups is 1. The maximum atomic E-state index is 11.9. The van der Waals surface area contributed by atoms with Gasteiger partial charge in [-0.05, 0) is 30.7 Å². The predicted molar refractivity (Wildman–Crippen MR) is 69.9 cm³/mol. The number of amides is 1. The van der Waals surface area contributed by atoms with Crippen molar-refractivity contribution in [1.29, 1.82) is 0 Å². The highest BCUT2D eigenvalue weighted by molar-refractivity contribution is 5.94. The summed E-state index contributed by atoms with van der Waals surface area (Å²) < 4.78 is 1.63. The number of aromatic nitrogens is 3. The first kappa shape index (κ1) is 13.1. The zero-order chi connectivity index (χ0) is 13.8. The number of benzene rings is 1. The lowest BCUT2D eigenvalue weighted by Gasteiger charge is -2.05. The van der Waals surface area contributed by atoms with E-state index in [1.807, 2.05) is 0 Å². The van der Waals surface area contributed by atoms with E-state index in [9.17, 15) is 9.90 Å². The van der Waals surface area contributed by atoms with Crippen molar-refractivity contribution in [2.24, 2.45) is 7.05 Å². The van der Waals surface area contributed by atoms with Gasteiger partial charge >= 0.3 is 0 Å². The van der Waals surface area contributed by atoms with Gasteiger partial charge in [0.25, 0.3) is 5.91 Å². The lowest BCUT2D eigenvalue weighted by Crippen LogP contribution is -2.26. The van der Waals surface area contributed by atoms with E-state index in [1.165, 1.54) is 6.07 Å². The molecule has 6 nitrogen and oxygen atoms in total. The van der Waals surface area contributed by atoms with Crippen molar-refractivity contribution >= 4 is 5.91 Å². The maximum absolute atomic E-state index is 11.9. The van der Waals surface area contributed by atoms with E-state index in [1.54, 1.807) is 37.1 Å². The van der Waals surface area contributed by atoms with Crippen LogP contribution in [0.25, 0.3) is 0 Å². The average Bonchev–Trinajstić information content (AvgIpc) is 2.78. The Kier molecular flexibility index (Phi) is 3.79. The highest BCUT2D eigenvalue weighted by Gasteiger charge is 2.07. The number of nitrogens with one attached hydrogen (secondary N) is 1. The quantitative estimate of drug-likeness (QED) is 0.852. The summed E-state index contributed by atoms with van der Waals surface area (Å²) in [7, 11) is 1.80. The molecule has 0 radical (unpaired) electrons. The number of nitrogens with zero attached hydrogens (tertiary/aromatic N) is 3. The van der Waals surface area contributed by atoms with Crippen molar-refractivity contribution in [3.05, 3.63) is 41.5 Å². The second kappa shape index (κ2) is 5.51. The molecule has 100 valence electrons. The fourth-order valence-corrected chi connectivity index (χ4v) is 1.69. The van der Waals surface area contributed by atoms with Crippen LogP contribution >= 0.6 is 0 Å². The third kappa shape index (κ3) is 3.31. The van der Waals surface area contributed by atoms with E-state index in [4.69, 9.17) is 0 Å². The molecule has 2 N–H and O–H groups in total.